The second kappa shape index (κ2) is 7.57. The van der Waals surface area contributed by atoms with Crippen molar-refractivity contribution < 1.29 is 14.6 Å². The normalized spacial score (nSPS) is 23.3. The van der Waals surface area contributed by atoms with Crippen LogP contribution in [0.15, 0.2) is 42.7 Å². The maximum Gasteiger partial charge on any atom is 0.251 e. The number of aryl methyl sites for hydroxylation is 1. The third-order valence-corrected chi connectivity index (χ3v) is 4.23. The maximum atomic E-state index is 12.0. The molecule has 7 heteroatoms. The van der Waals surface area contributed by atoms with E-state index in [1.807, 2.05) is 36.0 Å². The van der Waals surface area contributed by atoms with Crippen LogP contribution in [0.4, 0.5) is 0 Å². The second-order valence-electron chi connectivity index (χ2n) is 5.88. The molecule has 1 saturated heterocycles. The number of hydrogen-bond acceptors (Lipinski definition) is 5. The first-order valence-electron chi connectivity index (χ1n) is 7.97. The number of hydrogen-bond donors (Lipinski definition) is 3. The molecule has 1 fully saturated rings. The number of rotatable bonds is 6. The fourth-order valence-electron chi connectivity index (χ4n) is 2.72. The number of aliphatic hydroxyl groups is 1. The number of nitrogens with one attached hydrogen (secondary N) is 2. The van der Waals surface area contributed by atoms with E-state index in [0.717, 1.165) is 5.82 Å². The van der Waals surface area contributed by atoms with Gasteiger partial charge in [0.05, 0.1) is 25.3 Å². The summed E-state index contributed by atoms with van der Waals surface area (Å²) in [7, 11) is 1.92. The van der Waals surface area contributed by atoms with Crippen molar-refractivity contribution in [3.63, 3.8) is 0 Å². The Labute approximate surface area is 140 Å². The van der Waals surface area contributed by atoms with Gasteiger partial charge in [-0.15, -0.1) is 0 Å². The van der Waals surface area contributed by atoms with Crippen molar-refractivity contribution in [2.24, 2.45) is 7.05 Å². The smallest absolute Gasteiger partial charge is 0.251 e. The van der Waals surface area contributed by atoms with Crippen LogP contribution in [0.25, 0.3) is 0 Å². The largest absolute Gasteiger partial charge is 0.389 e. The van der Waals surface area contributed by atoms with Gasteiger partial charge in [-0.05, 0) is 12.1 Å². The summed E-state index contributed by atoms with van der Waals surface area (Å²) in [6.07, 6.45) is 2.51. The van der Waals surface area contributed by atoms with Crippen molar-refractivity contribution in [2.45, 2.75) is 24.8 Å². The summed E-state index contributed by atoms with van der Waals surface area (Å²) in [6, 6.07) is 8.80. The highest BCUT2D eigenvalue weighted by Gasteiger charge is 2.35. The van der Waals surface area contributed by atoms with Crippen LogP contribution in [0.5, 0.6) is 0 Å². The van der Waals surface area contributed by atoms with Crippen LogP contribution in [-0.4, -0.2) is 52.0 Å². The Hall–Kier alpha value is -2.22. The van der Waals surface area contributed by atoms with Crippen molar-refractivity contribution in [3.8, 4) is 0 Å². The van der Waals surface area contributed by atoms with Gasteiger partial charge in [-0.25, -0.2) is 4.98 Å². The number of aliphatic hydroxyl groups excluding tert-OH is 1. The Morgan fingerprint density at radius 2 is 2.21 bits per heavy atom. The number of aromatic nitrogens is 2. The van der Waals surface area contributed by atoms with E-state index < -0.39 is 12.2 Å². The Balaban J connectivity index is 1.46. The molecule has 2 aromatic rings. The molecule has 7 nitrogen and oxygen atoms in total. The lowest BCUT2D eigenvalue weighted by atomic mass is 10.1. The molecular formula is C17H22N4O3. The summed E-state index contributed by atoms with van der Waals surface area (Å²) in [5.74, 6) is 0.721. The van der Waals surface area contributed by atoms with Gasteiger partial charge in [0.1, 0.15) is 11.9 Å². The van der Waals surface area contributed by atoms with E-state index in [4.69, 9.17) is 4.74 Å². The number of benzene rings is 1. The zero-order valence-corrected chi connectivity index (χ0v) is 13.6. The molecule has 24 heavy (non-hydrogen) atoms. The lowest BCUT2D eigenvalue weighted by Gasteiger charge is -2.18. The van der Waals surface area contributed by atoms with Crippen LogP contribution in [0.3, 0.4) is 0 Å². The van der Waals surface area contributed by atoms with Crippen LogP contribution in [0.2, 0.25) is 0 Å². The third kappa shape index (κ3) is 3.81. The van der Waals surface area contributed by atoms with Crippen molar-refractivity contribution in [1.29, 1.82) is 0 Å². The van der Waals surface area contributed by atoms with Gasteiger partial charge < -0.3 is 25.0 Å². The Kier molecular flexibility index (Phi) is 5.24. The highest BCUT2D eigenvalue weighted by atomic mass is 16.5. The minimum Gasteiger partial charge on any atom is -0.389 e. The van der Waals surface area contributed by atoms with Gasteiger partial charge in [0.15, 0.2) is 0 Å². The van der Waals surface area contributed by atoms with Crippen molar-refractivity contribution in [1.82, 2.24) is 20.2 Å². The Bertz CT molecular complexity index is 673. The first kappa shape index (κ1) is 16.6. The molecule has 1 aliphatic heterocycles. The molecule has 0 spiro atoms. The number of nitrogens with zero attached hydrogens (tertiary/aromatic N) is 2. The molecule has 3 unspecified atom stereocenters. The summed E-state index contributed by atoms with van der Waals surface area (Å²) in [4.78, 5) is 16.3. The number of ether oxygens (including phenoxy) is 1. The Morgan fingerprint density at radius 1 is 1.42 bits per heavy atom. The van der Waals surface area contributed by atoms with Crippen LogP contribution in [0, 0.1) is 0 Å². The summed E-state index contributed by atoms with van der Waals surface area (Å²) in [5, 5.41) is 16.4. The van der Waals surface area contributed by atoms with Crippen LogP contribution >= 0.6 is 0 Å². The lowest BCUT2D eigenvalue weighted by Crippen LogP contribution is -2.44. The maximum absolute atomic E-state index is 12.0. The average molecular weight is 330 g/mol. The first-order chi connectivity index (χ1) is 11.6. The molecule has 3 rings (SSSR count). The van der Waals surface area contributed by atoms with Gasteiger partial charge in [0.25, 0.3) is 5.91 Å². The Morgan fingerprint density at radius 3 is 2.92 bits per heavy atom. The second-order valence-corrected chi connectivity index (χ2v) is 5.88. The van der Waals surface area contributed by atoms with E-state index in [1.54, 1.807) is 18.3 Å². The predicted molar refractivity (Wildman–Crippen MR) is 88.4 cm³/mol. The van der Waals surface area contributed by atoms with Gasteiger partial charge >= 0.3 is 0 Å². The number of carbonyl (C=O) groups excluding carboxylic acids is 1. The van der Waals surface area contributed by atoms with E-state index in [2.05, 4.69) is 15.6 Å². The minimum absolute atomic E-state index is 0.171. The van der Waals surface area contributed by atoms with Gasteiger partial charge in [-0.3, -0.25) is 4.79 Å². The molecule has 1 aromatic carbocycles. The van der Waals surface area contributed by atoms with E-state index in [1.165, 1.54) is 0 Å². The molecule has 3 atom stereocenters. The van der Waals surface area contributed by atoms with Crippen molar-refractivity contribution >= 4 is 5.91 Å². The van der Waals surface area contributed by atoms with Crippen LogP contribution < -0.4 is 10.6 Å². The first-order valence-corrected chi connectivity index (χ1v) is 7.97. The molecule has 0 aliphatic carbocycles. The van der Waals surface area contributed by atoms with Crippen molar-refractivity contribution in [2.75, 3.05) is 13.2 Å². The average Bonchev–Trinajstić information content (AvgIpc) is 3.17. The van der Waals surface area contributed by atoms with E-state index in [0.29, 0.717) is 18.7 Å². The predicted octanol–water partition coefficient (Wildman–Crippen LogP) is 0.0680. The molecule has 1 aliphatic rings. The molecule has 0 radical (unpaired) electrons. The number of amides is 1. The van der Waals surface area contributed by atoms with Gasteiger partial charge in [-0.1, -0.05) is 18.2 Å². The zero-order valence-electron chi connectivity index (χ0n) is 13.6. The molecule has 0 bridgehead atoms. The quantitative estimate of drug-likeness (QED) is 0.697. The molecule has 128 valence electrons. The molecule has 3 N–H and O–H groups in total. The zero-order chi connectivity index (χ0) is 16.9. The van der Waals surface area contributed by atoms with Crippen molar-refractivity contribution in [3.05, 3.63) is 54.1 Å². The molecule has 1 aromatic heterocycles. The molecule has 1 amide bonds. The minimum atomic E-state index is -0.679. The number of carbonyl (C=O) groups is 1. The monoisotopic (exact) mass is 330 g/mol. The SMILES string of the molecule is Cn1ccnc1CNC1COC(CNC(=O)c2ccccc2)C1O. The van der Waals surface area contributed by atoms with Gasteiger partial charge in [-0.2, -0.15) is 0 Å². The molecule has 2 heterocycles. The highest BCUT2D eigenvalue weighted by Crippen LogP contribution is 2.14. The van der Waals surface area contributed by atoms with Crippen LogP contribution in [0.1, 0.15) is 16.2 Å². The summed E-state index contributed by atoms with van der Waals surface area (Å²) < 4.78 is 7.53. The van der Waals surface area contributed by atoms with E-state index in [9.17, 15) is 9.90 Å². The summed E-state index contributed by atoms with van der Waals surface area (Å²) in [5.41, 5.74) is 0.592. The summed E-state index contributed by atoms with van der Waals surface area (Å²) >= 11 is 0. The van der Waals surface area contributed by atoms with Gasteiger partial charge in [0.2, 0.25) is 0 Å². The summed E-state index contributed by atoms with van der Waals surface area (Å²) in [6.45, 7) is 1.23. The fraction of sp³-hybridized carbons (Fsp3) is 0.412. The topological polar surface area (TPSA) is 88.4 Å². The standard InChI is InChI=1S/C17H22N4O3/c1-21-8-7-18-15(21)10-19-13-11-24-14(16(13)22)9-20-17(23)12-5-3-2-4-6-12/h2-8,13-14,16,19,22H,9-11H2,1H3,(H,20,23). The van der Waals surface area contributed by atoms with Gasteiger partial charge in [0, 0.05) is 31.5 Å². The lowest BCUT2D eigenvalue weighted by molar-refractivity contribution is 0.0398. The molecule has 0 saturated carbocycles. The van der Waals surface area contributed by atoms with E-state index in [-0.39, 0.29) is 18.5 Å². The van der Waals surface area contributed by atoms with Crippen LogP contribution in [-0.2, 0) is 18.3 Å². The molecular weight excluding hydrogens is 308 g/mol. The van der Waals surface area contributed by atoms with E-state index >= 15 is 0 Å². The number of imidazole rings is 1. The third-order valence-electron chi connectivity index (χ3n) is 4.23. The fourth-order valence-corrected chi connectivity index (χ4v) is 2.72. The highest BCUT2D eigenvalue weighted by molar-refractivity contribution is 5.94.